The van der Waals surface area contributed by atoms with Crippen molar-refractivity contribution in [3.8, 4) is 5.75 Å². The summed E-state index contributed by atoms with van der Waals surface area (Å²) < 4.78 is 7.39. The Kier molecular flexibility index (Phi) is 3.38. The van der Waals surface area contributed by atoms with Crippen LogP contribution in [0.3, 0.4) is 0 Å². The number of ether oxygens (including phenoxy) is 1. The number of anilines is 1. The van der Waals surface area contributed by atoms with E-state index >= 15 is 0 Å². The van der Waals surface area contributed by atoms with Gasteiger partial charge in [0.25, 0.3) is 0 Å². The van der Waals surface area contributed by atoms with Crippen molar-refractivity contribution >= 4 is 27.4 Å². The number of carbonyl (C=O) groups is 1. The molecule has 0 saturated carbocycles. The van der Waals surface area contributed by atoms with Gasteiger partial charge in [-0.15, -0.1) is 0 Å². The minimum Gasteiger partial charge on any atom is -0.493 e. The van der Waals surface area contributed by atoms with Crippen LogP contribution in [0.2, 0.25) is 0 Å². The lowest BCUT2D eigenvalue weighted by molar-refractivity contribution is 0.102. The monoisotopic (exact) mass is 309 g/mol. The van der Waals surface area contributed by atoms with Gasteiger partial charge in [0.05, 0.1) is 13.3 Å². The molecule has 0 atom stereocenters. The fourth-order valence-electron chi connectivity index (χ4n) is 1.68. The maximum absolute atomic E-state index is 12.4. The van der Waals surface area contributed by atoms with E-state index in [4.69, 9.17) is 10.5 Å². The highest BCUT2D eigenvalue weighted by Gasteiger charge is 2.21. The van der Waals surface area contributed by atoms with Crippen molar-refractivity contribution in [2.75, 3.05) is 12.8 Å². The predicted molar refractivity (Wildman–Crippen MR) is 71.7 cm³/mol. The number of nitrogens with zero attached hydrogens (tertiary/aromatic N) is 2. The van der Waals surface area contributed by atoms with Gasteiger partial charge in [-0.25, -0.2) is 0 Å². The molecule has 0 fully saturated rings. The number of rotatable bonds is 3. The van der Waals surface area contributed by atoms with E-state index in [1.165, 1.54) is 18.0 Å². The third kappa shape index (κ3) is 2.11. The van der Waals surface area contributed by atoms with E-state index in [0.29, 0.717) is 22.7 Å². The summed E-state index contributed by atoms with van der Waals surface area (Å²) >= 11 is 3.32. The molecule has 2 aromatic rings. The van der Waals surface area contributed by atoms with Gasteiger partial charge in [-0.2, -0.15) is 5.10 Å². The summed E-state index contributed by atoms with van der Waals surface area (Å²) in [7, 11) is 3.18. The Morgan fingerprint density at radius 2 is 2.22 bits per heavy atom. The van der Waals surface area contributed by atoms with Gasteiger partial charge in [-0.1, -0.05) is 15.9 Å². The van der Waals surface area contributed by atoms with Crippen LogP contribution < -0.4 is 10.5 Å². The van der Waals surface area contributed by atoms with E-state index in [9.17, 15) is 4.79 Å². The van der Waals surface area contributed by atoms with E-state index < -0.39 is 0 Å². The van der Waals surface area contributed by atoms with Crippen LogP contribution in [0.1, 0.15) is 16.1 Å². The largest absolute Gasteiger partial charge is 0.493 e. The lowest BCUT2D eigenvalue weighted by Gasteiger charge is -2.07. The third-order valence-corrected chi connectivity index (χ3v) is 3.09. The fraction of sp³-hybridized carbons (Fsp3) is 0.167. The molecule has 1 heterocycles. The van der Waals surface area contributed by atoms with Gasteiger partial charge in [0.15, 0.2) is 11.4 Å². The molecule has 0 aliphatic carbocycles. The molecule has 2 N–H and O–H groups in total. The lowest BCUT2D eigenvalue weighted by Crippen LogP contribution is -2.11. The predicted octanol–water partition coefficient (Wildman–Crippen LogP) is 2.00. The van der Waals surface area contributed by atoms with E-state index in [2.05, 4.69) is 21.0 Å². The Hall–Kier alpha value is -1.82. The van der Waals surface area contributed by atoms with Crippen molar-refractivity contribution in [1.82, 2.24) is 9.78 Å². The second-order valence-corrected chi connectivity index (χ2v) is 4.66. The second-order valence-electron chi connectivity index (χ2n) is 3.75. The number of methoxy groups -OCH3 is 1. The van der Waals surface area contributed by atoms with E-state index in [1.54, 1.807) is 25.2 Å². The lowest BCUT2D eigenvalue weighted by atomic mass is 10.1. The molecule has 1 aromatic carbocycles. The average molecular weight is 310 g/mol. The summed E-state index contributed by atoms with van der Waals surface area (Å²) in [6.45, 7) is 0. The van der Waals surface area contributed by atoms with Gasteiger partial charge in [0, 0.05) is 22.8 Å². The Labute approximate surface area is 113 Å². The first-order chi connectivity index (χ1) is 8.54. The van der Waals surface area contributed by atoms with Crippen molar-refractivity contribution in [2.45, 2.75) is 0 Å². The summed E-state index contributed by atoms with van der Waals surface area (Å²) in [4.78, 5) is 12.4. The first-order valence-electron chi connectivity index (χ1n) is 5.20. The van der Waals surface area contributed by atoms with E-state index in [-0.39, 0.29) is 5.78 Å². The van der Waals surface area contributed by atoms with Crippen LogP contribution in [0, 0.1) is 0 Å². The first kappa shape index (κ1) is 12.6. The number of ketones is 1. The molecular formula is C12H12BrN3O2. The van der Waals surface area contributed by atoms with Crippen LogP contribution in [0.5, 0.6) is 5.75 Å². The second kappa shape index (κ2) is 4.81. The van der Waals surface area contributed by atoms with Gasteiger partial charge >= 0.3 is 0 Å². The smallest absolute Gasteiger partial charge is 0.216 e. The highest BCUT2D eigenvalue weighted by molar-refractivity contribution is 9.10. The molecule has 0 spiro atoms. The summed E-state index contributed by atoms with van der Waals surface area (Å²) in [5, 5.41) is 4.00. The highest BCUT2D eigenvalue weighted by atomic mass is 79.9. The molecule has 1 aromatic heterocycles. The fourth-order valence-corrected chi connectivity index (χ4v) is 2.04. The molecule has 2 rings (SSSR count). The van der Waals surface area contributed by atoms with Crippen molar-refractivity contribution < 1.29 is 9.53 Å². The molecular weight excluding hydrogens is 298 g/mol. The number of nitrogen functional groups attached to an aromatic ring is 1. The van der Waals surface area contributed by atoms with E-state index in [0.717, 1.165) is 4.47 Å². The quantitative estimate of drug-likeness (QED) is 0.695. The third-order valence-electron chi connectivity index (χ3n) is 2.60. The van der Waals surface area contributed by atoms with Gasteiger partial charge in [0.1, 0.15) is 0 Å². The van der Waals surface area contributed by atoms with E-state index in [1.807, 2.05) is 0 Å². The van der Waals surface area contributed by atoms with Crippen LogP contribution in [-0.4, -0.2) is 22.7 Å². The Morgan fingerprint density at radius 3 is 2.89 bits per heavy atom. The molecule has 6 heteroatoms. The number of halogens is 1. The maximum Gasteiger partial charge on any atom is 0.216 e. The molecule has 0 bridgehead atoms. The normalized spacial score (nSPS) is 10.4. The van der Waals surface area contributed by atoms with Gasteiger partial charge in [-0.3, -0.25) is 9.48 Å². The zero-order valence-corrected chi connectivity index (χ0v) is 11.6. The number of hydrogen-bond acceptors (Lipinski definition) is 4. The number of carbonyl (C=O) groups excluding carboxylic acids is 1. The highest BCUT2D eigenvalue weighted by Crippen LogP contribution is 2.25. The SMILES string of the molecule is COc1cnn(C)c1C(=O)c1cc(Br)ccc1N. The molecule has 5 nitrogen and oxygen atoms in total. The van der Waals surface area contributed by atoms with Crippen molar-refractivity contribution in [3.63, 3.8) is 0 Å². The topological polar surface area (TPSA) is 70.1 Å². The molecule has 0 saturated heterocycles. The number of nitrogens with two attached hydrogens (primary N) is 1. The summed E-state index contributed by atoms with van der Waals surface area (Å²) in [5.41, 5.74) is 7.05. The summed E-state index contributed by atoms with van der Waals surface area (Å²) in [6.07, 6.45) is 1.50. The average Bonchev–Trinajstić information content (AvgIpc) is 2.72. The minimum atomic E-state index is -0.217. The van der Waals surface area contributed by atoms with Crippen molar-refractivity contribution in [2.24, 2.45) is 7.05 Å². The standard InChI is InChI=1S/C12H12BrN3O2/c1-16-11(10(18-2)6-15-16)12(17)8-5-7(13)3-4-9(8)14/h3-6H,14H2,1-2H3. The van der Waals surface area contributed by atoms with Crippen LogP contribution in [0.25, 0.3) is 0 Å². The summed E-state index contributed by atoms with van der Waals surface area (Å²) in [5.74, 6) is 0.215. The number of aryl methyl sites for hydroxylation is 1. The van der Waals surface area contributed by atoms with Crippen LogP contribution in [0.15, 0.2) is 28.9 Å². The zero-order chi connectivity index (χ0) is 13.3. The molecule has 94 valence electrons. The van der Waals surface area contributed by atoms with Gasteiger partial charge in [0.2, 0.25) is 5.78 Å². The van der Waals surface area contributed by atoms with Crippen LogP contribution >= 0.6 is 15.9 Å². The van der Waals surface area contributed by atoms with Crippen LogP contribution in [-0.2, 0) is 7.05 Å². The first-order valence-corrected chi connectivity index (χ1v) is 5.99. The van der Waals surface area contributed by atoms with Gasteiger partial charge in [-0.05, 0) is 18.2 Å². The zero-order valence-electron chi connectivity index (χ0n) is 9.98. The van der Waals surface area contributed by atoms with Crippen molar-refractivity contribution in [3.05, 3.63) is 40.1 Å². The number of benzene rings is 1. The van der Waals surface area contributed by atoms with Gasteiger partial charge < -0.3 is 10.5 Å². The minimum absolute atomic E-state index is 0.217. The van der Waals surface area contributed by atoms with Crippen LogP contribution in [0.4, 0.5) is 5.69 Å². The molecule has 18 heavy (non-hydrogen) atoms. The Bertz CT molecular complexity index is 607. The Balaban J connectivity index is 2.54. The Morgan fingerprint density at radius 1 is 1.50 bits per heavy atom. The van der Waals surface area contributed by atoms with Crippen molar-refractivity contribution in [1.29, 1.82) is 0 Å². The summed E-state index contributed by atoms with van der Waals surface area (Å²) in [6, 6.07) is 5.15. The number of aromatic nitrogens is 2. The molecule has 0 amide bonds. The molecule has 0 aliphatic rings. The maximum atomic E-state index is 12.4. The molecule has 0 aliphatic heterocycles. The molecule has 0 radical (unpaired) electrons. The number of hydrogen-bond donors (Lipinski definition) is 1. The molecule has 0 unspecified atom stereocenters.